The summed E-state index contributed by atoms with van der Waals surface area (Å²) in [6.45, 7) is 1.91. The maximum Gasteiger partial charge on any atom is 0.238 e. The molecule has 22 heavy (non-hydrogen) atoms. The van der Waals surface area contributed by atoms with Crippen LogP contribution >= 0.6 is 0 Å². The predicted molar refractivity (Wildman–Crippen MR) is 84.4 cm³/mol. The number of nitrogens with one attached hydrogen (secondary N) is 2. The first kappa shape index (κ1) is 16.0. The molecule has 2 aromatic rings. The quantitative estimate of drug-likeness (QED) is 0.862. The van der Waals surface area contributed by atoms with Crippen LogP contribution in [0, 0.1) is 5.82 Å². The number of benzene rings is 2. The molecular formula is C17H19FN2O2. The van der Waals surface area contributed by atoms with Crippen molar-refractivity contribution in [2.45, 2.75) is 13.0 Å². The highest BCUT2D eigenvalue weighted by Crippen LogP contribution is 2.17. The molecule has 0 heterocycles. The molecule has 1 amide bonds. The van der Waals surface area contributed by atoms with Crippen LogP contribution in [0.15, 0.2) is 48.5 Å². The van der Waals surface area contributed by atoms with E-state index in [0.717, 1.165) is 0 Å². The lowest BCUT2D eigenvalue weighted by atomic mass is 10.1. The van der Waals surface area contributed by atoms with E-state index in [1.165, 1.54) is 6.07 Å². The van der Waals surface area contributed by atoms with Crippen LogP contribution in [0.2, 0.25) is 0 Å². The molecule has 0 aromatic heterocycles. The van der Waals surface area contributed by atoms with Gasteiger partial charge in [-0.25, -0.2) is 4.39 Å². The molecule has 0 bridgehead atoms. The van der Waals surface area contributed by atoms with Gasteiger partial charge >= 0.3 is 0 Å². The molecule has 2 rings (SSSR count). The molecule has 1 atom stereocenters. The van der Waals surface area contributed by atoms with Crippen LogP contribution in [-0.4, -0.2) is 19.6 Å². The van der Waals surface area contributed by atoms with Crippen LogP contribution in [0.5, 0.6) is 5.75 Å². The maximum absolute atomic E-state index is 13.6. The van der Waals surface area contributed by atoms with E-state index in [1.807, 2.05) is 6.92 Å². The van der Waals surface area contributed by atoms with E-state index >= 15 is 0 Å². The molecule has 116 valence electrons. The third kappa shape index (κ3) is 4.30. The number of carbonyl (C=O) groups is 1. The molecule has 0 saturated carbocycles. The molecular weight excluding hydrogens is 283 g/mol. The van der Waals surface area contributed by atoms with Gasteiger partial charge in [0.2, 0.25) is 5.91 Å². The molecule has 2 N–H and O–H groups in total. The first-order chi connectivity index (χ1) is 10.6. The minimum absolute atomic E-state index is 0.0900. The second-order valence-electron chi connectivity index (χ2n) is 4.90. The van der Waals surface area contributed by atoms with Gasteiger partial charge in [-0.15, -0.1) is 0 Å². The van der Waals surface area contributed by atoms with Gasteiger partial charge in [0, 0.05) is 23.4 Å². The van der Waals surface area contributed by atoms with Crippen LogP contribution < -0.4 is 15.4 Å². The van der Waals surface area contributed by atoms with Crippen molar-refractivity contribution in [3.63, 3.8) is 0 Å². The molecule has 1 unspecified atom stereocenters. The number of ether oxygens (including phenoxy) is 1. The van der Waals surface area contributed by atoms with E-state index < -0.39 is 0 Å². The minimum Gasteiger partial charge on any atom is -0.497 e. The molecule has 0 aliphatic heterocycles. The molecule has 4 nitrogen and oxygen atoms in total. The normalized spacial score (nSPS) is 11.8. The Balaban J connectivity index is 1.88. The molecule has 2 aromatic carbocycles. The topological polar surface area (TPSA) is 50.4 Å². The van der Waals surface area contributed by atoms with Crippen LogP contribution in [0.1, 0.15) is 18.5 Å². The Morgan fingerprint density at radius 1 is 1.23 bits per heavy atom. The first-order valence-corrected chi connectivity index (χ1v) is 7.02. The van der Waals surface area contributed by atoms with E-state index in [2.05, 4.69) is 10.6 Å². The lowest BCUT2D eigenvalue weighted by Crippen LogP contribution is -2.30. The van der Waals surface area contributed by atoms with Crippen molar-refractivity contribution >= 4 is 11.6 Å². The van der Waals surface area contributed by atoms with E-state index in [0.29, 0.717) is 17.0 Å². The van der Waals surface area contributed by atoms with Gasteiger partial charge in [-0.05, 0) is 25.1 Å². The Hall–Kier alpha value is -2.40. The summed E-state index contributed by atoms with van der Waals surface area (Å²) in [6.07, 6.45) is 0. The molecule has 0 fully saturated rings. The zero-order chi connectivity index (χ0) is 15.9. The van der Waals surface area contributed by atoms with Gasteiger partial charge in [-0.2, -0.15) is 0 Å². The van der Waals surface area contributed by atoms with Gasteiger partial charge in [0.15, 0.2) is 0 Å². The fraction of sp³-hybridized carbons (Fsp3) is 0.235. The number of amides is 1. The van der Waals surface area contributed by atoms with Crippen molar-refractivity contribution in [1.29, 1.82) is 0 Å². The second-order valence-corrected chi connectivity index (χ2v) is 4.90. The number of rotatable bonds is 6. The van der Waals surface area contributed by atoms with Crippen molar-refractivity contribution in [2.24, 2.45) is 0 Å². The third-order valence-electron chi connectivity index (χ3n) is 3.29. The maximum atomic E-state index is 13.6. The number of hydrogen-bond donors (Lipinski definition) is 2. The van der Waals surface area contributed by atoms with Gasteiger partial charge < -0.3 is 15.4 Å². The number of anilines is 1. The van der Waals surface area contributed by atoms with Crippen LogP contribution in [0.25, 0.3) is 0 Å². The standard InChI is InChI=1S/C17H19FN2O2/c1-12(15-8-3-4-9-16(15)18)19-11-17(21)20-13-6-5-7-14(10-13)22-2/h3-10,12,19H,11H2,1-2H3,(H,20,21). The lowest BCUT2D eigenvalue weighted by molar-refractivity contribution is -0.115. The number of methoxy groups -OCH3 is 1. The number of carbonyl (C=O) groups excluding carboxylic acids is 1. The van der Waals surface area contributed by atoms with Crippen molar-refractivity contribution in [3.05, 3.63) is 59.9 Å². The number of halogens is 1. The fourth-order valence-corrected chi connectivity index (χ4v) is 2.09. The summed E-state index contributed by atoms with van der Waals surface area (Å²) >= 11 is 0. The predicted octanol–water partition coefficient (Wildman–Crippen LogP) is 3.12. The van der Waals surface area contributed by atoms with Crippen LogP contribution in [0.3, 0.4) is 0 Å². The van der Waals surface area contributed by atoms with Crippen LogP contribution in [-0.2, 0) is 4.79 Å². The summed E-state index contributed by atoms with van der Waals surface area (Å²) in [7, 11) is 1.57. The SMILES string of the molecule is COc1cccc(NC(=O)CNC(C)c2ccccc2F)c1. The van der Waals surface area contributed by atoms with Gasteiger partial charge in [-0.1, -0.05) is 24.3 Å². The van der Waals surface area contributed by atoms with Crippen molar-refractivity contribution in [1.82, 2.24) is 5.32 Å². The van der Waals surface area contributed by atoms with E-state index in [-0.39, 0.29) is 24.3 Å². The molecule has 0 aliphatic carbocycles. The van der Waals surface area contributed by atoms with E-state index in [1.54, 1.807) is 49.6 Å². The first-order valence-electron chi connectivity index (χ1n) is 7.02. The molecule has 5 heteroatoms. The zero-order valence-electron chi connectivity index (χ0n) is 12.6. The highest BCUT2D eigenvalue weighted by Gasteiger charge is 2.11. The Bertz CT molecular complexity index is 646. The Morgan fingerprint density at radius 2 is 2.00 bits per heavy atom. The molecule has 0 spiro atoms. The molecule has 0 aliphatic rings. The summed E-state index contributed by atoms with van der Waals surface area (Å²) in [5.41, 5.74) is 1.20. The van der Waals surface area contributed by atoms with Gasteiger partial charge in [-0.3, -0.25) is 4.79 Å². The second kappa shape index (κ2) is 7.56. The summed E-state index contributed by atoms with van der Waals surface area (Å²) in [5.74, 6) is 0.192. The monoisotopic (exact) mass is 302 g/mol. The smallest absolute Gasteiger partial charge is 0.238 e. The van der Waals surface area contributed by atoms with Crippen molar-refractivity contribution < 1.29 is 13.9 Å². The van der Waals surface area contributed by atoms with E-state index in [9.17, 15) is 9.18 Å². The Morgan fingerprint density at radius 3 is 2.73 bits per heavy atom. The Labute approximate surface area is 129 Å². The lowest BCUT2D eigenvalue weighted by Gasteiger charge is -2.15. The van der Waals surface area contributed by atoms with Gasteiger partial charge in [0.1, 0.15) is 11.6 Å². The summed E-state index contributed by atoms with van der Waals surface area (Å²) in [4.78, 5) is 11.9. The van der Waals surface area contributed by atoms with Crippen molar-refractivity contribution in [2.75, 3.05) is 19.0 Å². The highest BCUT2D eigenvalue weighted by molar-refractivity contribution is 5.92. The Kier molecular flexibility index (Phi) is 5.49. The zero-order valence-corrected chi connectivity index (χ0v) is 12.6. The van der Waals surface area contributed by atoms with Gasteiger partial charge in [0.25, 0.3) is 0 Å². The third-order valence-corrected chi connectivity index (χ3v) is 3.29. The molecule has 0 radical (unpaired) electrons. The van der Waals surface area contributed by atoms with Crippen molar-refractivity contribution in [3.8, 4) is 5.75 Å². The van der Waals surface area contributed by atoms with Crippen LogP contribution in [0.4, 0.5) is 10.1 Å². The minimum atomic E-state index is -0.282. The summed E-state index contributed by atoms with van der Waals surface area (Å²) in [6, 6.07) is 13.4. The molecule has 0 saturated heterocycles. The van der Waals surface area contributed by atoms with E-state index in [4.69, 9.17) is 4.74 Å². The fourth-order valence-electron chi connectivity index (χ4n) is 2.09. The average Bonchev–Trinajstić information content (AvgIpc) is 2.53. The summed E-state index contributed by atoms with van der Waals surface area (Å²) in [5, 5.41) is 5.77. The largest absolute Gasteiger partial charge is 0.497 e. The van der Waals surface area contributed by atoms with Gasteiger partial charge in [0.05, 0.1) is 13.7 Å². The number of hydrogen-bond acceptors (Lipinski definition) is 3. The summed E-state index contributed by atoms with van der Waals surface area (Å²) < 4.78 is 18.7. The average molecular weight is 302 g/mol. The highest BCUT2D eigenvalue weighted by atomic mass is 19.1.